The van der Waals surface area contributed by atoms with Crippen LogP contribution in [0.1, 0.15) is 58.3 Å². The molecule has 0 aliphatic heterocycles. The van der Waals surface area contributed by atoms with Crippen molar-refractivity contribution < 1.29 is 19.1 Å². The van der Waals surface area contributed by atoms with Crippen molar-refractivity contribution in [2.24, 2.45) is 5.92 Å². The summed E-state index contributed by atoms with van der Waals surface area (Å²) < 4.78 is 9.78. The Kier molecular flexibility index (Phi) is 7.34. The zero-order valence-corrected chi connectivity index (χ0v) is 12.9. The van der Waals surface area contributed by atoms with Crippen LogP contribution in [0.5, 0.6) is 0 Å². The third kappa shape index (κ3) is 4.36. The lowest BCUT2D eigenvalue weighted by atomic mass is 9.90. The highest BCUT2D eigenvalue weighted by Crippen LogP contribution is 2.35. The van der Waals surface area contributed by atoms with Gasteiger partial charge in [0.1, 0.15) is 0 Å². The van der Waals surface area contributed by atoms with Gasteiger partial charge in [-0.3, -0.25) is 0 Å². The summed E-state index contributed by atoms with van der Waals surface area (Å²) in [6.45, 7) is 2.11. The van der Waals surface area contributed by atoms with E-state index in [9.17, 15) is 9.59 Å². The standard InChI is InChI=1S/C16H26O4/c1-4-5-6-11-13(15(17)19-2)14(16(18)20-3)12-9-7-8-10-12/h12H,4-11H2,1-3H3. The highest BCUT2D eigenvalue weighted by molar-refractivity contribution is 6.00. The number of methoxy groups -OCH3 is 2. The first-order valence-electron chi connectivity index (χ1n) is 7.55. The topological polar surface area (TPSA) is 52.6 Å². The Morgan fingerprint density at radius 1 is 1.00 bits per heavy atom. The molecule has 0 atom stereocenters. The fourth-order valence-electron chi connectivity index (χ4n) is 2.88. The summed E-state index contributed by atoms with van der Waals surface area (Å²) in [5.74, 6) is -0.597. The van der Waals surface area contributed by atoms with E-state index in [0.717, 1.165) is 44.9 Å². The Labute approximate surface area is 121 Å². The zero-order valence-electron chi connectivity index (χ0n) is 12.9. The molecule has 0 saturated heterocycles. The molecule has 0 spiro atoms. The molecule has 0 unspecified atom stereocenters. The van der Waals surface area contributed by atoms with Crippen molar-refractivity contribution in [1.82, 2.24) is 0 Å². The SMILES string of the molecule is CCCCCC(C(=O)OC)=C(C(=O)OC)C1CCCC1. The molecule has 0 amide bonds. The molecule has 1 rings (SSSR count). The molecule has 0 aromatic carbocycles. The summed E-state index contributed by atoms with van der Waals surface area (Å²) in [5, 5.41) is 0. The van der Waals surface area contributed by atoms with Gasteiger partial charge in [-0.15, -0.1) is 0 Å². The highest BCUT2D eigenvalue weighted by Gasteiger charge is 2.30. The van der Waals surface area contributed by atoms with Crippen molar-refractivity contribution in [2.45, 2.75) is 58.3 Å². The molecule has 0 aromatic heterocycles. The molecule has 1 fully saturated rings. The van der Waals surface area contributed by atoms with Gasteiger partial charge in [0.05, 0.1) is 19.8 Å². The van der Waals surface area contributed by atoms with Crippen LogP contribution >= 0.6 is 0 Å². The average Bonchev–Trinajstić information content (AvgIpc) is 2.98. The van der Waals surface area contributed by atoms with Crippen molar-refractivity contribution in [3.63, 3.8) is 0 Å². The molecule has 1 aliphatic rings. The Morgan fingerprint density at radius 3 is 2.10 bits per heavy atom. The van der Waals surface area contributed by atoms with E-state index in [4.69, 9.17) is 9.47 Å². The van der Waals surface area contributed by atoms with E-state index < -0.39 is 0 Å². The number of hydrogen-bond donors (Lipinski definition) is 0. The number of ether oxygens (including phenoxy) is 2. The Morgan fingerprint density at radius 2 is 1.60 bits per heavy atom. The summed E-state index contributed by atoms with van der Waals surface area (Å²) in [7, 11) is 2.74. The second-order valence-electron chi connectivity index (χ2n) is 5.31. The first kappa shape index (κ1) is 16.7. The molecule has 0 N–H and O–H groups in total. The van der Waals surface area contributed by atoms with E-state index in [1.165, 1.54) is 14.2 Å². The summed E-state index contributed by atoms with van der Waals surface area (Å²) in [6.07, 6.45) is 7.74. The third-order valence-electron chi connectivity index (χ3n) is 3.96. The van der Waals surface area contributed by atoms with Gasteiger partial charge in [0, 0.05) is 5.57 Å². The van der Waals surface area contributed by atoms with Gasteiger partial charge in [0.25, 0.3) is 0 Å². The van der Waals surface area contributed by atoms with E-state index in [0.29, 0.717) is 17.6 Å². The summed E-state index contributed by atoms with van der Waals surface area (Å²) in [6, 6.07) is 0. The van der Waals surface area contributed by atoms with Crippen LogP contribution in [-0.2, 0) is 19.1 Å². The Balaban J connectivity index is 3.06. The van der Waals surface area contributed by atoms with Crippen LogP contribution < -0.4 is 0 Å². The molecule has 4 nitrogen and oxygen atoms in total. The van der Waals surface area contributed by atoms with Gasteiger partial charge >= 0.3 is 11.9 Å². The van der Waals surface area contributed by atoms with Crippen LogP contribution in [0.3, 0.4) is 0 Å². The van der Waals surface area contributed by atoms with Gasteiger partial charge < -0.3 is 9.47 Å². The number of hydrogen-bond acceptors (Lipinski definition) is 4. The number of rotatable bonds is 7. The fourth-order valence-corrected chi connectivity index (χ4v) is 2.88. The molecule has 20 heavy (non-hydrogen) atoms. The quantitative estimate of drug-likeness (QED) is 0.408. The minimum Gasteiger partial charge on any atom is -0.466 e. The average molecular weight is 282 g/mol. The van der Waals surface area contributed by atoms with Gasteiger partial charge in [-0.2, -0.15) is 0 Å². The van der Waals surface area contributed by atoms with Crippen LogP contribution in [0, 0.1) is 5.92 Å². The van der Waals surface area contributed by atoms with Crippen LogP contribution in [0.25, 0.3) is 0 Å². The van der Waals surface area contributed by atoms with Gasteiger partial charge in [-0.05, 0) is 31.6 Å². The molecule has 0 aromatic rings. The first-order valence-corrected chi connectivity index (χ1v) is 7.55. The van der Waals surface area contributed by atoms with E-state index in [1.807, 2.05) is 0 Å². The van der Waals surface area contributed by atoms with Crippen molar-refractivity contribution in [3.8, 4) is 0 Å². The van der Waals surface area contributed by atoms with Crippen molar-refractivity contribution in [2.75, 3.05) is 14.2 Å². The minimum absolute atomic E-state index is 0.151. The van der Waals surface area contributed by atoms with Crippen molar-refractivity contribution >= 4 is 11.9 Å². The monoisotopic (exact) mass is 282 g/mol. The molecule has 114 valence electrons. The largest absolute Gasteiger partial charge is 0.466 e. The van der Waals surface area contributed by atoms with Crippen LogP contribution in [0.2, 0.25) is 0 Å². The van der Waals surface area contributed by atoms with Crippen LogP contribution in [0.4, 0.5) is 0 Å². The normalized spacial score (nSPS) is 16.8. The predicted molar refractivity (Wildman–Crippen MR) is 77.2 cm³/mol. The van der Waals surface area contributed by atoms with Gasteiger partial charge in [-0.1, -0.05) is 32.6 Å². The molecular weight excluding hydrogens is 256 g/mol. The highest BCUT2D eigenvalue weighted by atomic mass is 16.5. The van der Waals surface area contributed by atoms with E-state index in [2.05, 4.69) is 6.92 Å². The van der Waals surface area contributed by atoms with Crippen LogP contribution in [-0.4, -0.2) is 26.2 Å². The van der Waals surface area contributed by atoms with Gasteiger partial charge in [0.2, 0.25) is 0 Å². The Bertz CT molecular complexity index is 365. The number of carbonyl (C=O) groups excluding carboxylic acids is 2. The van der Waals surface area contributed by atoms with E-state index >= 15 is 0 Å². The van der Waals surface area contributed by atoms with E-state index in [1.54, 1.807) is 0 Å². The number of esters is 2. The zero-order chi connectivity index (χ0) is 15.0. The third-order valence-corrected chi connectivity index (χ3v) is 3.96. The lowest BCUT2D eigenvalue weighted by molar-refractivity contribution is -0.140. The van der Waals surface area contributed by atoms with Crippen molar-refractivity contribution in [1.29, 1.82) is 0 Å². The summed E-state index contributed by atoms with van der Waals surface area (Å²) in [5.41, 5.74) is 1.09. The molecule has 0 bridgehead atoms. The molecular formula is C16H26O4. The number of unbranched alkanes of at least 4 members (excludes halogenated alkanes) is 2. The minimum atomic E-state index is -0.381. The molecule has 1 saturated carbocycles. The number of carbonyl (C=O) groups is 2. The van der Waals surface area contributed by atoms with Gasteiger partial charge in [0.15, 0.2) is 0 Å². The van der Waals surface area contributed by atoms with Gasteiger partial charge in [-0.25, -0.2) is 9.59 Å². The predicted octanol–water partition coefficient (Wildman–Crippen LogP) is 3.40. The molecule has 0 radical (unpaired) electrons. The molecule has 1 aliphatic carbocycles. The maximum absolute atomic E-state index is 12.1. The van der Waals surface area contributed by atoms with E-state index in [-0.39, 0.29) is 17.9 Å². The van der Waals surface area contributed by atoms with Crippen LogP contribution in [0.15, 0.2) is 11.1 Å². The maximum atomic E-state index is 12.1. The molecule has 4 heteroatoms. The lowest BCUT2D eigenvalue weighted by Crippen LogP contribution is -2.20. The Hall–Kier alpha value is -1.32. The summed E-state index contributed by atoms with van der Waals surface area (Å²) in [4.78, 5) is 24.1. The first-order chi connectivity index (χ1) is 9.65. The second kappa shape index (κ2) is 8.77. The summed E-state index contributed by atoms with van der Waals surface area (Å²) >= 11 is 0. The maximum Gasteiger partial charge on any atom is 0.334 e. The fraction of sp³-hybridized carbons (Fsp3) is 0.750. The lowest BCUT2D eigenvalue weighted by Gasteiger charge is -2.17. The van der Waals surface area contributed by atoms with Crippen molar-refractivity contribution in [3.05, 3.63) is 11.1 Å². The molecule has 0 heterocycles. The smallest absolute Gasteiger partial charge is 0.334 e. The second-order valence-corrected chi connectivity index (χ2v) is 5.31.